The van der Waals surface area contributed by atoms with Crippen molar-refractivity contribution in [3.05, 3.63) is 26.0 Å². The third kappa shape index (κ3) is 1.85. The third-order valence-corrected chi connectivity index (χ3v) is 3.29. The fourth-order valence-corrected chi connectivity index (χ4v) is 1.66. The van der Waals surface area contributed by atoms with Crippen LogP contribution in [0.1, 0.15) is 0 Å². The van der Waals surface area contributed by atoms with E-state index < -0.39 is 0 Å². The van der Waals surface area contributed by atoms with Crippen LogP contribution in [0, 0.1) is 9.39 Å². The molecule has 0 aliphatic carbocycles. The lowest BCUT2D eigenvalue weighted by molar-refractivity contribution is 0.618. The fraction of sp³-hybridized carbons (Fsp3) is 0. The Balaban J connectivity index is 3.28. The summed E-state index contributed by atoms with van der Waals surface area (Å²) in [6.07, 6.45) is 0. The molecule has 0 atom stereocenters. The summed E-state index contributed by atoms with van der Waals surface area (Å²) in [5, 5.41) is 0. The topological polar surface area (TPSA) is 0 Å². The first kappa shape index (κ1) is 8.80. The zero-order chi connectivity index (χ0) is 7.72. The predicted molar refractivity (Wildman–Crippen MR) is 54.1 cm³/mol. The quantitative estimate of drug-likeness (QED) is 0.420. The maximum Gasteiger partial charge on any atom is 0.138 e. The van der Waals surface area contributed by atoms with Gasteiger partial charge in [0.2, 0.25) is 0 Å². The molecule has 0 nitrogen and oxygen atoms in total. The minimum Gasteiger partial charge on any atom is -0.206 e. The van der Waals surface area contributed by atoms with Gasteiger partial charge in [0.25, 0.3) is 0 Å². The second kappa shape index (κ2) is 3.40. The summed E-state index contributed by atoms with van der Waals surface area (Å²) in [5.41, 5.74) is 0. The highest BCUT2D eigenvalue weighted by molar-refractivity contribution is 14.1. The highest BCUT2D eigenvalue weighted by Crippen LogP contribution is 2.24. The lowest BCUT2D eigenvalue weighted by Gasteiger charge is -1.98. The fourth-order valence-electron chi connectivity index (χ4n) is 0.512. The molecular weight excluding hydrogens is 330 g/mol. The van der Waals surface area contributed by atoms with E-state index >= 15 is 0 Å². The lowest BCUT2D eigenvalue weighted by atomic mass is 10.3. The van der Waals surface area contributed by atoms with Crippen LogP contribution in [-0.2, 0) is 0 Å². The van der Waals surface area contributed by atoms with Gasteiger partial charge in [0.1, 0.15) is 5.82 Å². The van der Waals surface area contributed by atoms with Gasteiger partial charge in [-0.25, -0.2) is 4.39 Å². The summed E-state index contributed by atoms with van der Waals surface area (Å²) in [6.45, 7) is 0. The normalized spacial score (nSPS) is 10.0. The van der Waals surface area contributed by atoms with Crippen molar-refractivity contribution in [1.82, 2.24) is 0 Å². The molecule has 0 radical (unpaired) electrons. The molecule has 0 amide bonds. The standard InChI is InChI=1S/C6H3BrFIS/c7-3-1-6(10)5(9)2-4(3)8/h1-2,10H. The van der Waals surface area contributed by atoms with Crippen molar-refractivity contribution in [2.45, 2.75) is 4.90 Å². The maximum absolute atomic E-state index is 12.7. The van der Waals surface area contributed by atoms with Crippen molar-refractivity contribution in [3.63, 3.8) is 0 Å². The average molecular weight is 333 g/mol. The average Bonchev–Trinajstić information content (AvgIpc) is 1.84. The van der Waals surface area contributed by atoms with Crippen LogP contribution in [-0.4, -0.2) is 0 Å². The van der Waals surface area contributed by atoms with E-state index in [0.717, 1.165) is 8.47 Å². The molecule has 1 aromatic carbocycles. The second-order valence-corrected chi connectivity index (χ2v) is 4.22. The molecule has 4 heteroatoms. The Morgan fingerprint density at radius 2 is 2.10 bits per heavy atom. The number of halogens is 3. The van der Waals surface area contributed by atoms with Crippen molar-refractivity contribution in [1.29, 1.82) is 0 Å². The molecule has 0 aliphatic rings. The van der Waals surface area contributed by atoms with Crippen LogP contribution in [0.4, 0.5) is 4.39 Å². The molecule has 0 saturated heterocycles. The monoisotopic (exact) mass is 332 g/mol. The number of hydrogen-bond acceptors (Lipinski definition) is 1. The summed E-state index contributed by atoms with van der Waals surface area (Å²) in [6, 6.07) is 3.08. The van der Waals surface area contributed by atoms with Gasteiger partial charge in [0, 0.05) is 8.47 Å². The molecule has 54 valence electrons. The number of rotatable bonds is 0. The first-order valence-electron chi connectivity index (χ1n) is 2.45. The van der Waals surface area contributed by atoms with Crippen molar-refractivity contribution in [3.8, 4) is 0 Å². The molecule has 0 N–H and O–H groups in total. The van der Waals surface area contributed by atoms with Crippen LogP contribution in [0.25, 0.3) is 0 Å². The molecule has 10 heavy (non-hydrogen) atoms. The molecule has 0 aliphatic heterocycles. The Kier molecular flexibility index (Phi) is 3.00. The minimum atomic E-state index is -0.248. The van der Waals surface area contributed by atoms with E-state index in [1.54, 1.807) is 6.07 Å². The lowest BCUT2D eigenvalue weighted by Crippen LogP contribution is -1.81. The van der Waals surface area contributed by atoms with E-state index in [0.29, 0.717) is 4.47 Å². The molecule has 1 rings (SSSR count). The highest BCUT2D eigenvalue weighted by Gasteiger charge is 2.01. The maximum atomic E-state index is 12.7. The summed E-state index contributed by atoms with van der Waals surface area (Å²) >= 11 is 9.19. The van der Waals surface area contributed by atoms with Gasteiger partial charge in [-0.3, -0.25) is 0 Å². The van der Waals surface area contributed by atoms with Gasteiger partial charge in [-0.15, -0.1) is 12.6 Å². The number of hydrogen-bond donors (Lipinski definition) is 1. The van der Waals surface area contributed by atoms with Gasteiger partial charge in [-0.05, 0) is 50.7 Å². The Morgan fingerprint density at radius 1 is 1.50 bits per heavy atom. The Hall–Kier alpha value is 0.710. The summed E-state index contributed by atoms with van der Waals surface area (Å²) in [5.74, 6) is -0.248. The first-order chi connectivity index (χ1) is 4.61. The van der Waals surface area contributed by atoms with E-state index in [-0.39, 0.29) is 5.82 Å². The van der Waals surface area contributed by atoms with Gasteiger partial charge < -0.3 is 0 Å². The Morgan fingerprint density at radius 3 is 2.60 bits per heavy atom. The van der Waals surface area contributed by atoms with E-state index in [4.69, 9.17) is 0 Å². The Labute approximate surface area is 85.9 Å². The first-order valence-corrected chi connectivity index (χ1v) is 4.76. The number of benzene rings is 1. The SMILES string of the molecule is Fc1cc(I)c(S)cc1Br. The number of thiol groups is 1. The largest absolute Gasteiger partial charge is 0.206 e. The van der Waals surface area contributed by atoms with Crippen molar-refractivity contribution >= 4 is 51.1 Å². The smallest absolute Gasteiger partial charge is 0.138 e. The Bertz CT molecular complexity index is 214. The molecule has 1 aromatic rings. The van der Waals surface area contributed by atoms with Gasteiger partial charge in [0.15, 0.2) is 0 Å². The van der Waals surface area contributed by atoms with Gasteiger partial charge in [-0.2, -0.15) is 0 Å². The third-order valence-electron chi connectivity index (χ3n) is 0.990. The van der Waals surface area contributed by atoms with Gasteiger partial charge in [0.05, 0.1) is 4.47 Å². The van der Waals surface area contributed by atoms with E-state index in [1.165, 1.54) is 6.07 Å². The predicted octanol–water partition coefficient (Wildman–Crippen LogP) is 3.48. The van der Waals surface area contributed by atoms with E-state index in [1.807, 2.05) is 22.6 Å². The molecule has 0 fully saturated rings. The van der Waals surface area contributed by atoms with Crippen LogP contribution >= 0.6 is 51.1 Å². The molecule has 0 saturated carbocycles. The summed E-state index contributed by atoms with van der Waals surface area (Å²) in [4.78, 5) is 0.786. The van der Waals surface area contributed by atoms with E-state index in [9.17, 15) is 4.39 Å². The van der Waals surface area contributed by atoms with Gasteiger partial charge >= 0.3 is 0 Å². The molecule has 0 aromatic heterocycles. The minimum absolute atomic E-state index is 0.248. The zero-order valence-corrected chi connectivity index (χ0v) is 9.37. The zero-order valence-electron chi connectivity index (χ0n) is 4.74. The molecule has 0 unspecified atom stereocenters. The van der Waals surface area contributed by atoms with Crippen molar-refractivity contribution in [2.75, 3.05) is 0 Å². The summed E-state index contributed by atoms with van der Waals surface area (Å²) < 4.78 is 14.0. The molecule has 0 bridgehead atoms. The van der Waals surface area contributed by atoms with Crippen molar-refractivity contribution in [2.24, 2.45) is 0 Å². The molecule has 0 spiro atoms. The van der Waals surface area contributed by atoms with Crippen LogP contribution in [0.5, 0.6) is 0 Å². The van der Waals surface area contributed by atoms with Crippen molar-refractivity contribution < 1.29 is 4.39 Å². The van der Waals surface area contributed by atoms with E-state index in [2.05, 4.69) is 28.6 Å². The van der Waals surface area contributed by atoms with Gasteiger partial charge in [-0.1, -0.05) is 0 Å². The highest BCUT2D eigenvalue weighted by atomic mass is 127. The van der Waals surface area contributed by atoms with Crippen LogP contribution < -0.4 is 0 Å². The van der Waals surface area contributed by atoms with Crippen LogP contribution in [0.15, 0.2) is 21.5 Å². The molecular formula is C6H3BrFIS. The van der Waals surface area contributed by atoms with Crippen LogP contribution in [0.2, 0.25) is 0 Å². The summed E-state index contributed by atoms with van der Waals surface area (Å²) in [7, 11) is 0. The van der Waals surface area contributed by atoms with Crippen LogP contribution in [0.3, 0.4) is 0 Å². The second-order valence-electron chi connectivity index (χ2n) is 1.72. The molecule has 0 heterocycles.